The number of ether oxygens (including phenoxy) is 2. The van der Waals surface area contributed by atoms with Crippen LogP contribution >= 0.6 is 0 Å². The van der Waals surface area contributed by atoms with Crippen LogP contribution in [-0.2, 0) is 9.47 Å². The van der Waals surface area contributed by atoms with Crippen molar-refractivity contribution in [2.75, 3.05) is 13.2 Å². The lowest BCUT2D eigenvalue weighted by Crippen LogP contribution is -2.54. The number of fused-ring (bicyclic) bond motifs is 5. The average Bonchev–Trinajstić information content (AvgIpc) is 3.26. The quantitative estimate of drug-likeness (QED) is 0.499. The Balaban J connectivity index is 0.000000872. The number of hydrogen-bond donors (Lipinski definition) is 0. The summed E-state index contributed by atoms with van der Waals surface area (Å²) in [4.78, 5) is 0. The molecule has 0 N–H and O–H groups in total. The van der Waals surface area contributed by atoms with Gasteiger partial charge in [0.2, 0.25) is 0 Å². The lowest BCUT2D eigenvalue weighted by Gasteiger charge is -2.61. The van der Waals surface area contributed by atoms with Crippen LogP contribution in [0.4, 0.5) is 0 Å². The maximum absolute atomic E-state index is 6.16. The molecule has 0 radical (unpaired) electrons. The Kier molecular flexibility index (Phi) is 5.47. The molecule has 0 aromatic carbocycles. The highest BCUT2D eigenvalue weighted by Crippen LogP contribution is 2.69. The number of hydrogen-bond acceptors (Lipinski definition) is 2. The van der Waals surface area contributed by atoms with Gasteiger partial charge in [0.25, 0.3) is 0 Å². The summed E-state index contributed by atoms with van der Waals surface area (Å²) in [7, 11) is 0. The minimum absolute atomic E-state index is 0.303. The molecule has 0 amide bonds. The molecule has 2 nitrogen and oxygen atoms in total. The molecule has 1 heterocycles. The van der Waals surface area contributed by atoms with E-state index in [1.807, 2.05) is 13.8 Å². The lowest BCUT2D eigenvalue weighted by atomic mass is 9.44. The van der Waals surface area contributed by atoms with Crippen molar-refractivity contribution in [2.45, 2.75) is 105 Å². The van der Waals surface area contributed by atoms with Crippen LogP contribution in [0.3, 0.4) is 0 Å². The standard InChI is InChI=1S/C23H38O2.C2H6/c1-21-12-5-4-6-16(21)7-8-17-18-9-10-20(23(3)24-14-15-25-23)22(18,2)13-11-19(17)21;1-2/h16-20H,4-15H2,1-3H3;1-2H3. The normalized spacial score (nSPS) is 50.8. The molecule has 0 aromatic rings. The largest absolute Gasteiger partial charge is 0.348 e. The van der Waals surface area contributed by atoms with E-state index in [0.29, 0.717) is 16.7 Å². The van der Waals surface area contributed by atoms with E-state index in [0.717, 1.165) is 36.9 Å². The van der Waals surface area contributed by atoms with E-state index in [4.69, 9.17) is 9.47 Å². The first-order chi connectivity index (χ1) is 13.0. The zero-order valence-electron chi connectivity index (χ0n) is 18.7. The summed E-state index contributed by atoms with van der Waals surface area (Å²) in [6.07, 6.45) is 14.7. The van der Waals surface area contributed by atoms with E-state index in [9.17, 15) is 0 Å². The summed E-state index contributed by atoms with van der Waals surface area (Å²) < 4.78 is 12.3. The summed E-state index contributed by atoms with van der Waals surface area (Å²) in [6.45, 7) is 13.1. The average molecular weight is 377 g/mol. The molecular weight excluding hydrogens is 332 g/mol. The fraction of sp³-hybridized carbons (Fsp3) is 1.00. The summed E-state index contributed by atoms with van der Waals surface area (Å²) in [5.41, 5.74) is 1.10. The molecule has 0 aromatic heterocycles. The third kappa shape index (κ3) is 2.95. The van der Waals surface area contributed by atoms with Gasteiger partial charge in [-0.3, -0.25) is 0 Å². The number of rotatable bonds is 1. The van der Waals surface area contributed by atoms with Gasteiger partial charge in [-0.25, -0.2) is 0 Å². The van der Waals surface area contributed by atoms with Crippen molar-refractivity contribution in [1.29, 1.82) is 0 Å². The summed E-state index contributed by atoms with van der Waals surface area (Å²) >= 11 is 0. The van der Waals surface area contributed by atoms with Gasteiger partial charge in [0.05, 0.1) is 13.2 Å². The van der Waals surface area contributed by atoms with Crippen molar-refractivity contribution in [3.05, 3.63) is 0 Å². The molecule has 5 rings (SSSR count). The molecule has 0 bridgehead atoms. The van der Waals surface area contributed by atoms with E-state index in [2.05, 4.69) is 20.8 Å². The molecule has 4 aliphatic carbocycles. The first-order valence-corrected chi connectivity index (χ1v) is 12.3. The minimum Gasteiger partial charge on any atom is -0.348 e. The van der Waals surface area contributed by atoms with Crippen molar-refractivity contribution in [1.82, 2.24) is 0 Å². The molecule has 7 unspecified atom stereocenters. The molecule has 156 valence electrons. The Labute approximate surface area is 168 Å². The van der Waals surface area contributed by atoms with Crippen LogP contribution in [0.2, 0.25) is 0 Å². The van der Waals surface area contributed by atoms with E-state index >= 15 is 0 Å². The molecule has 2 heteroatoms. The SMILES string of the molecule is CC.CC1(C2CCC3C4CCC5CCCCC5(C)C4CCC32C)OCCO1. The Morgan fingerprint density at radius 2 is 1.37 bits per heavy atom. The fourth-order valence-electron chi connectivity index (χ4n) is 8.89. The maximum Gasteiger partial charge on any atom is 0.169 e. The molecule has 1 saturated heterocycles. The molecular formula is C25H44O2. The summed E-state index contributed by atoms with van der Waals surface area (Å²) in [5.74, 6) is 4.23. The second kappa shape index (κ2) is 7.31. The van der Waals surface area contributed by atoms with Crippen molar-refractivity contribution in [3.63, 3.8) is 0 Å². The van der Waals surface area contributed by atoms with Gasteiger partial charge < -0.3 is 9.47 Å². The molecule has 5 aliphatic rings. The Morgan fingerprint density at radius 1 is 0.667 bits per heavy atom. The second-order valence-electron chi connectivity index (χ2n) is 10.8. The summed E-state index contributed by atoms with van der Waals surface area (Å²) in [5, 5.41) is 0. The topological polar surface area (TPSA) is 18.5 Å². The second-order valence-corrected chi connectivity index (χ2v) is 10.8. The predicted octanol–water partition coefficient (Wildman–Crippen LogP) is 6.82. The van der Waals surface area contributed by atoms with Crippen molar-refractivity contribution in [3.8, 4) is 0 Å². The molecule has 1 aliphatic heterocycles. The maximum atomic E-state index is 6.16. The zero-order valence-corrected chi connectivity index (χ0v) is 18.7. The Hall–Kier alpha value is -0.0800. The van der Waals surface area contributed by atoms with Gasteiger partial charge in [0.1, 0.15) is 0 Å². The van der Waals surface area contributed by atoms with E-state index in [-0.39, 0.29) is 5.79 Å². The van der Waals surface area contributed by atoms with Crippen LogP contribution in [0.5, 0.6) is 0 Å². The highest BCUT2D eigenvalue weighted by Gasteiger charge is 2.63. The summed E-state index contributed by atoms with van der Waals surface area (Å²) in [6, 6.07) is 0. The minimum atomic E-state index is -0.303. The molecule has 27 heavy (non-hydrogen) atoms. The van der Waals surface area contributed by atoms with Crippen molar-refractivity contribution >= 4 is 0 Å². The van der Waals surface area contributed by atoms with E-state index < -0.39 is 0 Å². The highest BCUT2D eigenvalue weighted by atomic mass is 16.7. The van der Waals surface area contributed by atoms with Crippen molar-refractivity contribution < 1.29 is 9.47 Å². The highest BCUT2D eigenvalue weighted by molar-refractivity contribution is 5.10. The van der Waals surface area contributed by atoms with Crippen LogP contribution in [-0.4, -0.2) is 19.0 Å². The van der Waals surface area contributed by atoms with Gasteiger partial charge in [0.15, 0.2) is 5.79 Å². The Morgan fingerprint density at radius 3 is 2.11 bits per heavy atom. The third-order valence-corrected chi connectivity index (χ3v) is 10.1. The first kappa shape index (κ1) is 20.2. The van der Waals surface area contributed by atoms with Gasteiger partial charge in [-0.2, -0.15) is 0 Å². The smallest absolute Gasteiger partial charge is 0.169 e. The van der Waals surface area contributed by atoms with E-state index in [1.54, 1.807) is 0 Å². The molecule has 0 spiro atoms. The van der Waals surface area contributed by atoms with Crippen LogP contribution in [0, 0.1) is 40.4 Å². The molecule has 7 atom stereocenters. The fourth-order valence-corrected chi connectivity index (χ4v) is 8.89. The molecule has 5 fully saturated rings. The van der Waals surface area contributed by atoms with Gasteiger partial charge in [0, 0.05) is 5.92 Å². The van der Waals surface area contributed by atoms with Crippen LogP contribution in [0.15, 0.2) is 0 Å². The molecule has 4 saturated carbocycles. The third-order valence-electron chi connectivity index (χ3n) is 10.1. The monoisotopic (exact) mass is 376 g/mol. The first-order valence-electron chi connectivity index (χ1n) is 12.3. The van der Waals surface area contributed by atoms with Crippen LogP contribution in [0.25, 0.3) is 0 Å². The Bertz CT molecular complexity index is 524. The van der Waals surface area contributed by atoms with Gasteiger partial charge >= 0.3 is 0 Å². The van der Waals surface area contributed by atoms with Gasteiger partial charge in [-0.15, -0.1) is 0 Å². The van der Waals surface area contributed by atoms with Crippen LogP contribution < -0.4 is 0 Å². The van der Waals surface area contributed by atoms with Crippen LogP contribution in [0.1, 0.15) is 98.8 Å². The predicted molar refractivity (Wildman–Crippen MR) is 111 cm³/mol. The van der Waals surface area contributed by atoms with E-state index in [1.165, 1.54) is 64.2 Å². The van der Waals surface area contributed by atoms with Gasteiger partial charge in [-0.1, -0.05) is 40.5 Å². The zero-order chi connectivity index (χ0) is 19.3. The van der Waals surface area contributed by atoms with Crippen molar-refractivity contribution in [2.24, 2.45) is 40.4 Å². The lowest BCUT2D eigenvalue weighted by molar-refractivity contribution is -0.218. The van der Waals surface area contributed by atoms with Gasteiger partial charge in [-0.05, 0) is 92.8 Å².